The summed E-state index contributed by atoms with van der Waals surface area (Å²) in [6, 6.07) is 20.3. The second kappa shape index (κ2) is 8.16. The standard InChI is InChI=1S/C21H18N4OS/c26-12-16-1-5-18(6-2-16)19-7-10-21(23-11-19)27-13-17-3-8-20(9-4-17)25-15-22-14-24-25/h1-11,14-15,26H,12-13H2. The van der Waals surface area contributed by atoms with Crippen LogP contribution in [0, 0.1) is 0 Å². The van der Waals surface area contributed by atoms with Gasteiger partial charge in [-0.3, -0.25) is 0 Å². The topological polar surface area (TPSA) is 63.8 Å². The van der Waals surface area contributed by atoms with Crippen molar-refractivity contribution in [1.29, 1.82) is 0 Å². The number of thioether (sulfide) groups is 1. The highest BCUT2D eigenvalue weighted by Crippen LogP contribution is 2.25. The third kappa shape index (κ3) is 4.24. The van der Waals surface area contributed by atoms with Crippen LogP contribution in [-0.2, 0) is 12.4 Å². The van der Waals surface area contributed by atoms with E-state index in [1.54, 1.807) is 22.8 Å². The molecule has 1 N–H and O–H groups in total. The maximum absolute atomic E-state index is 9.13. The summed E-state index contributed by atoms with van der Waals surface area (Å²) in [6.45, 7) is 0.0634. The lowest BCUT2D eigenvalue weighted by Gasteiger charge is -2.06. The van der Waals surface area contributed by atoms with Crippen LogP contribution in [0.1, 0.15) is 11.1 Å². The zero-order valence-electron chi connectivity index (χ0n) is 14.6. The van der Waals surface area contributed by atoms with Gasteiger partial charge in [-0.05, 0) is 34.9 Å². The number of aromatic nitrogens is 4. The second-order valence-electron chi connectivity index (χ2n) is 6.04. The van der Waals surface area contributed by atoms with E-state index >= 15 is 0 Å². The van der Waals surface area contributed by atoms with E-state index < -0.39 is 0 Å². The maximum atomic E-state index is 9.13. The van der Waals surface area contributed by atoms with Gasteiger partial charge < -0.3 is 5.11 Å². The lowest BCUT2D eigenvalue weighted by atomic mass is 10.1. The van der Waals surface area contributed by atoms with E-state index in [0.717, 1.165) is 33.2 Å². The fourth-order valence-electron chi connectivity index (χ4n) is 2.68. The summed E-state index contributed by atoms with van der Waals surface area (Å²) in [4.78, 5) is 8.52. The third-order valence-electron chi connectivity index (χ3n) is 4.21. The van der Waals surface area contributed by atoms with Crippen LogP contribution in [0.5, 0.6) is 0 Å². The minimum atomic E-state index is 0.0634. The Morgan fingerprint density at radius 3 is 2.22 bits per heavy atom. The number of rotatable bonds is 6. The summed E-state index contributed by atoms with van der Waals surface area (Å²) >= 11 is 1.71. The summed E-state index contributed by atoms with van der Waals surface area (Å²) in [5.41, 5.74) is 5.31. The predicted molar refractivity (Wildman–Crippen MR) is 107 cm³/mol. The molecule has 0 unspecified atom stereocenters. The first-order valence-electron chi connectivity index (χ1n) is 8.55. The van der Waals surface area contributed by atoms with Gasteiger partial charge in [0, 0.05) is 17.5 Å². The lowest BCUT2D eigenvalue weighted by Crippen LogP contribution is -1.94. The average Bonchev–Trinajstić information content (AvgIpc) is 3.28. The van der Waals surface area contributed by atoms with Gasteiger partial charge in [0.15, 0.2) is 0 Å². The summed E-state index contributed by atoms with van der Waals surface area (Å²) in [5.74, 6) is 0.856. The van der Waals surface area contributed by atoms with Crippen molar-refractivity contribution in [2.24, 2.45) is 0 Å². The molecule has 134 valence electrons. The molecule has 0 aliphatic carbocycles. The molecule has 2 aromatic carbocycles. The van der Waals surface area contributed by atoms with Crippen molar-refractivity contribution in [3.8, 4) is 16.8 Å². The zero-order valence-corrected chi connectivity index (χ0v) is 15.4. The van der Waals surface area contributed by atoms with Gasteiger partial charge in [0.2, 0.25) is 0 Å². The summed E-state index contributed by atoms with van der Waals surface area (Å²) in [5, 5.41) is 14.3. The van der Waals surface area contributed by atoms with Crippen LogP contribution in [-0.4, -0.2) is 24.9 Å². The molecule has 4 rings (SSSR count). The Morgan fingerprint density at radius 1 is 0.852 bits per heavy atom. The molecular weight excluding hydrogens is 356 g/mol. The van der Waals surface area contributed by atoms with Gasteiger partial charge in [-0.2, -0.15) is 5.10 Å². The van der Waals surface area contributed by atoms with Gasteiger partial charge >= 0.3 is 0 Å². The molecule has 4 aromatic rings. The molecule has 0 spiro atoms. The van der Waals surface area contributed by atoms with E-state index in [2.05, 4.69) is 33.3 Å². The Hall–Kier alpha value is -2.96. The van der Waals surface area contributed by atoms with Crippen LogP contribution in [0.4, 0.5) is 0 Å². The Bertz CT molecular complexity index is 982. The molecule has 0 aliphatic rings. The Kier molecular flexibility index (Phi) is 5.27. The van der Waals surface area contributed by atoms with Crippen molar-refractivity contribution >= 4 is 11.8 Å². The summed E-state index contributed by atoms with van der Waals surface area (Å²) in [6.07, 6.45) is 5.11. The number of aliphatic hydroxyl groups is 1. The minimum Gasteiger partial charge on any atom is -0.392 e. The van der Waals surface area contributed by atoms with Crippen LogP contribution in [0.3, 0.4) is 0 Å². The molecule has 0 amide bonds. The molecule has 0 bridgehead atoms. The number of nitrogens with zero attached hydrogens (tertiary/aromatic N) is 4. The van der Waals surface area contributed by atoms with Gasteiger partial charge in [-0.15, -0.1) is 11.8 Å². The molecule has 0 atom stereocenters. The molecule has 0 radical (unpaired) electrons. The SMILES string of the molecule is OCc1ccc(-c2ccc(SCc3ccc(-n4cncn4)cc3)nc2)cc1. The first-order chi connectivity index (χ1) is 13.3. The van der Waals surface area contributed by atoms with E-state index in [0.29, 0.717) is 0 Å². The van der Waals surface area contributed by atoms with E-state index in [-0.39, 0.29) is 6.61 Å². The Morgan fingerprint density at radius 2 is 1.59 bits per heavy atom. The zero-order chi connectivity index (χ0) is 18.5. The van der Waals surface area contributed by atoms with Crippen molar-refractivity contribution in [3.05, 3.63) is 90.6 Å². The third-order valence-corrected chi connectivity index (χ3v) is 5.23. The van der Waals surface area contributed by atoms with Gasteiger partial charge in [-0.25, -0.2) is 14.6 Å². The van der Waals surface area contributed by atoms with Crippen LogP contribution in [0.15, 0.2) is 84.5 Å². The van der Waals surface area contributed by atoms with E-state index in [1.165, 1.54) is 11.9 Å². The fraction of sp³-hybridized carbons (Fsp3) is 0.0952. The molecule has 0 saturated carbocycles. The van der Waals surface area contributed by atoms with Gasteiger partial charge in [-0.1, -0.05) is 42.5 Å². The molecule has 5 nitrogen and oxygen atoms in total. The molecular formula is C21H18N4OS. The predicted octanol–water partition coefficient (Wildman–Crippen LogP) is 4.11. The average molecular weight is 374 g/mol. The van der Waals surface area contributed by atoms with Crippen molar-refractivity contribution in [3.63, 3.8) is 0 Å². The van der Waals surface area contributed by atoms with Gasteiger partial charge in [0.1, 0.15) is 12.7 Å². The maximum Gasteiger partial charge on any atom is 0.138 e. The molecule has 27 heavy (non-hydrogen) atoms. The quantitative estimate of drug-likeness (QED) is 0.515. The van der Waals surface area contributed by atoms with Crippen molar-refractivity contribution in [2.45, 2.75) is 17.4 Å². The Balaban J connectivity index is 1.38. The van der Waals surface area contributed by atoms with Crippen LogP contribution in [0.25, 0.3) is 16.8 Å². The molecule has 2 aromatic heterocycles. The number of benzene rings is 2. The van der Waals surface area contributed by atoms with E-state index in [1.807, 2.05) is 48.7 Å². The normalized spacial score (nSPS) is 10.9. The number of hydrogen-bond donors (Lipinski definition) is 1. The van der Waals surface area contributed by atoms with E-state index in [9.17, 15) is 0 Å². The molecule has 6 heteroatoms. The van der Waals surface area contributed by atoms with Crippen molar-refractivity contribution in [2.75, 3.05) is 0 Å². The van der Waals surface area contributed by atoms with Crippen molar-refractivity contribution in [1.82, 2.24) is 19.7 Å². The highest BCUT2D eigenvalue weighted by molar-refractivity contribution is 7.98. The Labute approximate surface area is 161 Å². The molecule has 0 fully saturated rings. The highest BCUT2D eigenvalue weighted by Gasteiger charge is 2.02. The highest BCUT2D eigenvalue weighted by atomic mass is 32.2. The number of pyridine rings is 1. The van der Waals surface area contributed by atoms with Crippen LogP contribution >= 0.6 is 11.8 Å². The smallest absolute Gasteiger partial charge is 0.138 e. The summed E-state index contributed by atoms with van der Waals surface area (Å²) < 4.78 is 1.74. The second-order valence-corrected chi connectivity index (χ2v) is 7.03. The number of aliphatic hydroxyl groups excluding tert-OH is 1. The molecule has 2 heterocycles. The monoisotopic (exact) mass is 374 g/mol. The minimum absolute atomic E-state index is 0.0634. The van der Waals surface area contributed by atoms with E-state index in [4.69, 9.17) is 5.11 Å². The first-order valence-corrected chi connectivity index (χ1v) is 9.53. The summed E-state index contributed by atoms with van der Waals surface area (Å²) in [7, 11) is 0. The van der Waals surface area contributed by atoms with Crippen LogP contribution < -0.4 is 0 Å². The van der Waals surface area contributed by atoms with Gasteiger partial charge in [0.25, 0.3) is 0 Å². The number of hydrogen-bond acceptors (Lipinski definition) is 5. The van der Waals surface area contributed by atoms with Crippen molar-refractivity contribution < 1.29 is 5.11 Å². The largest absolute Gasteiger partial charge is 0.392 e. The molecule has 0 saturated heterocycles. The lowest BCUT2D eigenvalue weighted by molar-refractivity contribution is 0.282. The van der Waals surface area contributed by atoms with Crippen LogP contribution in [0.2, 0.25) is 0 Å². The molecule has 0 aliphatic heterocycles. The van der Waals surface area contributed by atoms with Gasteiger partial charge in [0.05, 0.1) is 17.3 Å². The first kappa shape index (κ1) is 17.5. The fourth-order valence-corrected chi connectivity index (χ4v) is 3.48.